The number of aromatic nitrogens is 1. The molecule has 1 heterocycles. The van der Waals surface area contributed by atoms with Crippen molar-refractivity contribution < 1.29 is 0 Å². The largest absolute Gasteiger partial charge is 0.256 e. The molecule has 0 saturated carbocycles. The second kappa shape index (κ2) is 4.84. The minimum Gasteiger partial charge on any atom is -0.256 e. The van der Waals surface area contributed by atoms with Crippen LogP contribution in [0.3, 0.4) is 0 Å². The predicted octanol–water partition coefficient (Wildman–Crippen LogP) is 3.94. The van der Waals surface area contributed by atoms with E-state index in [9.17, 15) is 0 Å². The molecule has 0 radical (unpaired) electrons. The first-order valence-corrected chi connectivity index (χ1v) is 5.68. The summed E-state index contributed by atoms with van der Waals surface area (Å²) in [5, 5.41) is 1.11. The molecular formula is C16H15N. The fraction of sp³-hybridized carbons (Fsp3) is 0.188. The van der Waals surface area contributed by atoms with Crippen LogP contribution in [0.2, 0.25) is 0 Å². The van der Waals surface area contributed by atoms with E-state index in [1.807, 2.05) is 31.2 Å². The highest BCUT2D eigenvalue weighted by atomic mass is 14.6. The molecule has 17 heavy (non-hydrogen) atoms. The van der Waals surface area contributed by atoms with Gasteiger partial charge in [0.1, 0.15) is 0 Å². The van der Waals surface area contributed by atoms with Crippen molar-refractivity contribution >= 4 is 10.9 Å². The summed E-state index contributed by atoms with van der Waals surface area (Å²) >= 11 is 0. The quantitative estimate of drug-likeness (QED) is 0.614. The molecule has 2 rings (SSSR count). The van der Waals surface area contributed by atoms with E-state index in [1.54, 1.807) is 6.20 Å². The van der Waals surface area contributed by atoms with Crippen LogP contribution in [0.5, 0.6) is 0 Å². The molecule has 2 aromatic rings. The maximum Gasteiger partial charge on any atom is 0.0714 e. The number of fused-ring (bicyclic) bond motifs is 1. The Kier molecular flexibility index (Phi) is 3.25. The van der Waals surface area contributed by atoms with Crippen molar-refractivity contribution in [1.29, 1.82) is 0 Å². The number of benzene rings is 1. The molecule has 0 aliphatic rings. The Labute approximate surface area is 102 Å². The van der Waals surface area contributed by atoms with E-state index in [1.165, 1.54) is 5.57 Å². The molecule has 0 saturated heterocycles. The van der Waals surface area contributed by atoms with Crippen molar-refractivity contribution in [3.05, 3.63) is 53.2 Å². The lowest BCUT2D eigenvalue weighted by Gasteiger charge is -1.98. The smallest absolute Gasteiger partial charge is 0.0714 e. The number of allylic oxidation sites excluding steroid dienone is 2. The summed E-state index contributed by atoms with van der Waals surface area (Å²) in [4.78, 5) is 4.32. The van der Waals surface area contributed by atoms with Crippen molar-refractivity contribution in [2.24, 2.45) is 0 Å². The first-order chi connectivity index (χ1) is 8.18. The molecule has 0 fully saturated rings. The van der Waals surface area contributed by atoms with Gasteiger partial charge in [-0.25, -0.2) is 0 Å². The molecule has 0 unspecified atom stereocenters. The zero-order valence-corrected chi connectivity index (χ0v) is 10.4. The third-order valence-corrected chi connectivity index (χ3v) is 2.78. The van der Waals surface area contributed by atoms with E-state index in [4.69, 9.17) is 0 Å². The second-order valence-electron chi connectivity index (χ2n) is 4.25. The Morgan fingerprint density at radius 3 is 2.65 bits per heavy atom. The fourth-order valence-electron chi connectivity index (χ4n) is 1.50. The van der Waals surface area contributed by atoms with Crippen LogP contribution in [0.4, 0.5) is 0 Å². The summed E-state index contributed by atoms with van der Waals surface area (Å²) in [7, 11) is 0. The lowest BCUT2D eigenvalue weighted by molar-refractivity contribution is 1.31. The third kappa shape index (κ3) is 2.54. The molecule has 84 valence electrons. The van der Waals surface area contributed by atoms with E-state index in [2.05, 4.69) is 36.7 Å². The summed E-state index contributed by atoms with van der Waals surface area (Å²) in [6.45, 7) is 6.20. The number of hydrogen-bond donors (Lipinski definition) is 0. The lowest BCUT2D eigenvalue weighted by atomic mass is 10.1. The summed E-state index contributed by atoms with van der Waals surface area (Å²) in [5.74, 6) is 6.41. The molecule has 1 nitrogen and oxygen atoms in total. The van der Waals surface area contributed by atoms with Gasteiger partial charge in [-0.05, 0) is 44.5 Å². The van der Waals surface area contributed by atoms with Gasteiger partial charge in [0, 0.05) is 17.1 Å². The molecule has 0 spiro atoms. The van der Waals surface area contributed by atoms with Crippen molar-refractivity contribution in [2.75, 3.05) is 0 Å². The maximum atomic E-state index is 4.32. The molecule has 0 amide bonds. The zero-order valence-electron chi connectivity index (χ0n) is 10.4. The normalized spacial score (nSPS) is 9.59. The van der Waals surface area contributed by atoms with Gasteiger partial charge in [-0.3, -0.25) is 4.98 Å². The summed E-state index contributed by atoms with van der Waals surface area (Å²) < 4.78 is 0. The van der Waals surface area contributed by atoms with Crippen molar-refractivity contribution in [2.45, 2.75) is 20.8 Å². The number of hydrogen-bond acceptors (Lipinski definition) is 1. The van der Waals surface area contributed by atoms with E-state index < -0.39 is 0 Å². The van der Waals surface area contributed by atoms with Crippen LogP contribution < -0.4 is 0 Å². The highest BCUT2D eigenvalue weighted by Crippen LogP contribution is 2.15. The molecule has 0 aliphatic heterocycles. The molecule has 0 bridgehead atoms. The van der Waals surface area contributed by atoms with Gasteiger partial charge in [-0.15, -0.1) is 0 Å². The van der Waals surface area contributed by atoms with E-state index in [-0.39, 0.29) is 0 Å². The predicted molar refractivity (Wildman–Crippen MR) is 72.7 cm³/mol. The Morgan fingerprint density at radius 2 is 1.88 bits per heavy atom. The molecule has 1 heteroatoms. The molecule has 0 aliphatic carbocycles. The van der Waals surface area contributed by atoms with Crippen LogP contribution in [0.15, 0.2) is 47.7 Å². The Hall–Kier alpha value is -2.07. The van der Waals surface area contributed by atoms with Crippen LogP contribution in [0, 0.1) is 11.8 Å². The average molecular weight is 221 g/mol. The number of nitrogens with zero attached hydrogens (tertiary/aromatic N) is 1. The van der Waals surface area contributed by atoms with Gasteiger partial charge in [0.05, 0.1) is 5.52 Å². The zero-order chi connectivity index (χ0) is 12.3. The summed E-state index contributed by atoms with van der Waals surface area (Å²) in [5.41, 5.74) is 4.42. The average Bonchev–Trinajstić information content (AvgIpc) is 2.35. The van der Waals surface area contributed by atoms with Crippen molar-refractivity contribution in [1.82, 2.24) is 4.98 Å². The van der Waals surface area contributed by atoms with Crippen LogP contribution >= 0.6 is 0 Å². The summed E-state index contributed by atoms with van der Waals surface area (Å²) in [6, 6.07) is 10.0. The van der Waals surface area contributed by atoms with Crippen LogP contribution in [0.25, 0.3) is 10.9 Å². The highest BCUT2D eigenvalue weighted by molar-refractivity contribution is 5.84. The number of rotatable bonds is 0. The van der Waals surface area contributed by atoms with Crippen molar-refractivity contribution in [3.8, 4) is 11.8 Å². The monoisotopic (exact) mass is 221 g/mol. The fourth-order valence-corrected chi connectivity index (χ4v) is 1.50. The molecular weight excluding hydrogens is 206 g/mol. The first kappa shape index (κ1) is 11.4. The second-order valence-corrected chi connectivity index (χ2v) is 4.25. The van der Waals surface area contributed by atoms with Gasteiger partial charge >= 0.3 is 0 Å². The number of pyridine rings is 1. The van der Waals surface area contributed by atoms with E-state index in [0.717, 1.165) is 22.0 Å². The standard InChI is InChI=1S/C16H15N/c1-12(2)13(3)9-10-14-6-4-8-16-15(14)7-5-11-17-16/h4-8,11H,1-3H3. The highest BCUT2D eigenvalue weighted by Gasteiger charge is 1.97. The van der Waals surface area contributed by atoms with Crippen LogP contribution in [-0.4, -0.2) is 4.98 Å². The lowest BCUT2D eigenvalue weighted by Crippen LogP contribution is -1.82. The minimum absolute atomic E-state index is 0.995. The third-order valence-electron chi connectivity index (χ3n) is 2.78. The molecule has 0 atom stereocenters. The van der Waals surface area contributed by atoms with Gasteiger partial charge in [-0.2, -0.15) is 0 Å². The molecule has 1 aromatic heterocycles. The van der Waals surface area contributed by atoms with Crippen LogP contribution in [0.1, 0.15) is 26.3 Å². The molecule has 0 N–H and O–H groups in total. The Bertz CT molecular complexity index is 630. The molecule has 1 aromatic carbocycles. The van der Waals surface area contributed by atoms with Gasteiger partial charge in [-0.1, -0.05) is 29.5 Å². The van der Waals surface area contributed by atoms with Gasteiger partial charge in [0.25, 0.3) is 0 Å². The van der Waals surface area contributed by atoms with E-state index in [0.29, 0.717) is 0 Å². The van der Waals surface area contributed by atoms with E-state index >= 15 is 0 Å². The maximum absolute atomic E-state index is 4.32. The SMILES string of the molecule is CC(C)=C(C)C#Cc1cccc2ncccc12. The Balaban J connectivity index is 2.54. The van der Waals surface area contributed by atoms with Crippen molar-refractivity contribution in [3.63, 3.8) is 0 Å². The van der Waals surface area contributed by atoms with Gasteiger partial charge < -0.3 is 0 Å². The topological polar surface area (TPSA) is 12.9 Å². The summed E-state index contributed by atoms with van der Waals surface area (Å²) in [6.07, 6.45) is 1.81. The van der Waals surface area contributed by atoms with Crippen LogP contribution in [-0.2, 0) is 0 Å². The van der Waals surface area contributed by atoms with Gasteiger partial charge in [0.2, 0.25) is 0 Å². The Morgan fingerprint density at radius 1 is 1.06 bits per heavy atom. The van der Waals surface area contributed by atoms with Gasteiger partial charge in [0.15, 0.2) is 0 Å². The minimum atomic E-state index is 0.995. The first-order valence-electron chi connectivity index (χ1n) is 5.68.